The van der Waals surface area contributed by atoms with Crippen molar-refractivity contribution in [3.8, 4) is 0 Å². The van der Waals surface area contributed by atoms with Gasteiger partial charge in [0.25, 0.3) is 0 Å². The molecule has 1 saturated heterocycles. The van der Waals surface area contributed by atoms with Gasteiger partial charge in [-0.05, 0) is 6.42 Å². The van der Waals surface area contributed by atoms with Crippen molar-refractivity contribution >= 4 is 0 Å². The van der Waals surface area contributed by atoms with Gasteiger partial charge in [-0.25, -0.2) is 0 Å². The van der Waals surface area contributed by atoms with Crippen molar-refractivity contribution in [2.24, 2.45) is 0 Å². The fourth-order valence-corrected chi connectivity index (χ4v) is 0.539. The van der Waals surface area contributed by atoms with Crippen molar-refractivity contribution in [1.29, 1.82) is 0 Å². The van der Waals surface area contributed by atoms with E-state index in [0.717, 1.165) is 19.6 Å². The van der Waals surface area contributed by atoms with Gasteiger partial charge >= 0.3 is 0 Å². The molecule has 0 unspecified atom stereocenters. The molecule has 10 heavy (non-hydrogen) atoms. The molecule has 62 valence electrons. The number of hydrogen-bond acceptors (Lipinski definition) is 2. The highest BCUT2D eigenvalue weighted by molar-refractivity contribution is 4.36. The summed E-state index contributed by atoms with van der Waals surface area (Å²) >= 11 is 0. The first-order valence-electron chi connectivity index (χ1n) is 4.10. The number of aliphatic hydroxyl groups excluding tert-OH is 1. The first kappa shape index (κ1) is 9.92. The number of epoxide rings is 1. The molecule has 2 heteroatoms. The Morgan fingerprint density at radius 3 is 2.10 bits per heavy atom. The van der Waals surface area contributed by atoms with Gasteiger partial charge in [0.15, 0.2) is 0 Å². The molecule has 0 amide bonds. The second-order valence-electron chi connectivity index (χ2n) is 2.40. The summed E-state index contributed by atoms with van der Waals surface area (Å²) in [5.41, 5.74) is 0. The third kappa shape index (κ3) is 15.7. The molecule has 0 aromatic carbocycles. The SMILES string of the molecule is C1CO1.CCCCCCO. The summed E-state index contributed by atoms with van der Waals surface area (Å²) in [6.07, 6.45) is 4.68. The van der Waals surface area contributed by atoms with Gasteiger partial charge in [0.2, 0.25) is 0 Å². The predicted molar refractivity (Wildman–Crippen MR) is 42.0 cm³/mol. The van der Waals surface area contributed by atoms with Crippen LogP contribution < -0.4 is 0 Å². The number of rotatable bonds is 4. The third-order valence-corrected chi connectivity index (χ3v) is 1.22. The minimum absolute atomic E-state index is 0.361. The number of aliphatic hydroxyl groups is 1. The van der Waals surface area contributed by atoms with Crippen LogP contribution in [0.5, 0.6) is 0 Å². The van der Waals surface area contributed by atoms with Crippen LogP contribution in [0.1, 0.15) is 32.6 Å². The zero-order valence-electron chi connectivity index (χ0n) is 6.81. The molecular weight excluding hydrogens is 128 g/mol. The van der Waals surface area contributed by atoms with Crippen LogP contribution in [-0.4, -0.2) is 24.9 Å². The van der Waals surface area contributed by atoms with Gasteiger partial charge in [-0.15, -0.1) is 0 Å². The van der Waals surface area contributed by atoms with E-state index in [4.69, 9.17) is 5.11 Å². The summed E-state index contributed by atoms with van der Waals surface area (Å²) in [6, 6.07) is 0. The molecule has 1 aliphatic heterocycles. The van der Waals surface area contributed by atoms with Crippen LogP contribution in [0.2, 0.25) is 0 Å². The molecule has 1 aliphatic rings. The smallest absolute Gasteiger partial charge is 0.0701 e. The Hall–Kier alpha value is -0.0800. The van der Waals surface area contributed by atoms with E-state index >= 15 is 0 Å². The minimum Gasteiger partial charge on any atom is -0.396 e. The maximum absolute atomic E-state index is 8.29. The second-order valence-corrected chi connectivity index (χ2v) is 2.40. The van der Waals surface area contributed by atoms with E-state index in [1.54, 1.807) is 0 Å². The van der Waals surface area contributed by atoms with Crippen LogP contribution in [0.3, 0.4) is 0 Å². The van der Waals surface area contributed by atoms with Gasteiger partial charge in [0.1, 0.15) is 0 Å². The normalized spacial score (nSPS) is 13.8. The molecular formula is C8H18O2. The molecule has 0 radical (unpaired) electrons. The van der Waals surface area contributed by atoms with Crippen molar-refractivity contribution in [2.45, 2.75) is 32.6 Å². The predicted octanol–water partition coefficient (Wildman–Crippen LogP) is 1.58. The highest BCUT2D eigenvalue weighted by atomic mass is 16.6. The third-order valence-electron chi connectivity index (χ3n) is 1.22. The van der Waals surface area contributed by atoms with E-state index in [1.165, 1.54) is 19.3 Å². The van der Waals surface area contributed by atoms with Crippen LogP contribution in [0.15, 0.2) is 0 Å². The lowest BCUT2D eigenvalue weighted by Gasteiger charge is -1.90. The average molecular weight is 146 g/mol. The quantitative estimate of drug-likeness (QED) is 0.482. The molecule has 0 aromatic heterocycles. The van der Waals surface area contributed by atoms with E-state index in [9.17, 15) is 0 Å². The topological polar surface area (TPSA) is 32.8 Å². The highest BCUT2D eigenvalue weighted by Gasteiger charge is 1.94. The molecule has 0 aromatic rings. The van der Waals surface area contributed by atoms with E-state index in [0.29, 0.717) is 6.61 Å². The summed E-state index contributed by atoms with van der Waals surface area (Å²) in [7, 11) is 0. The maximum Gasteiger partial charge on any atom is 0.0701 e. The molecule has 0 bridgehead atoms. The average Bonchev–Trinajstić information content (AvgIpc) is 2.73. The Labute approximate surface area is 63.2 Å². The highest BCUT2D eigenvalue weighted by Crippen LogP contribution is 1.96. The van der Waals surface area contributed by atoms with Crippen molar-refractivity contribution < 1.29 is 9.84 Å². The Morgan fingerprint density at radius 1 is 1.20 bits per heavy atom. The Kier molecular flexibility index (Phi) is 8.85. The maximum atomic E-state index is 8.29. The molecule has 0 atom stereocenters. The summed E-state index contributed by atoms with van der Waals surface area (Å²) in [5.74, 6) is 0. The molecule has 0 aliphatic carbocycles. The molecule has 2 nitrogen and oxygen atoms in total. The zero-order valence-corrected chi connectivity index (χ0v) is 6.81. The largest absolute Gasteiger partial charge is 0.396 e. The standard InChI is InChI=1S/C6H14O.C2H4O/c1-2-3-4-5-6-7;1-2-3-1/h7H,2-6H2,1H3;1-2H2. The second kappa shape index (κ2) is 8.92. The molecule has 1 N–H and O–H groups in total. The van der Waals surface area contributed by atoms with Crippen molar-refractivity contribution in [1.82, 2.24) is 0 Å². The van der Waals surface area contributed by atoms with E-state index in [1.807, 2.05) is 0 Å². The Morgan fingerprint density at radius 2 is 1.80 bits per heavy atom. The Balaban J connectivity index is 0.000000219. The van der Waals surface area contributed by atoms with E-state index in [-0.39, 0.29) is 0 Å². The summed E-state index contributed by atoms with van der Waals surface area (Å²) < 4.78 is 4.50. The summed E-state index contributed by atoms with van der Waals surface area (Å²) in [4.78, 5) is 0. The lowest BCUT2D eigenvalue weighted by molar-refractivity contribution is 0.283. The van der Waals surface area contributed by atoms with Gasteiger partial charge < -0.3 is 9.84 Å². The van der Waals surface area contributed by atoms with Gasteiger partial charge in [0.05, 0.1) is 13.2 Å². The van der Waals surface area contributed by atoms with Gasteiger partial charge in [-0.2, -0.15) is 0 Å². The van der Waals surface area contributed by atoms with Crippen LogP contribution in [0, 0.1) is 0 Å². The fraction of sp³-hybridized carbons (Fsp3) is 1.00. The molecule has 0 spiro atoms. The van der Waals surface area contributed by atoms with Crippen molar-refractivity contribution in [2.75, 3.05) is 19.8 Å². The van der Waals surface area contributed by atoms with E-state index in [2.05, 4.69) is 11.7 Å². The van der Waals surface area contributed by atoms with Crippen molar-refractivity contribution in [3.05, 3.63) is 0 Å². The van der Waals surface area contributed by atoms with Crippen LogP contribution in [0.25, 0.3) is 0 Å². The summed E-state index contributed by atoms with van der Waals surface area (Å²) in [5, 5.41) is 8.29. The fourth-order valence-electron chi connectivity index (χ4n) is 0.539. The number of ether oxygens (including phenoxy) is 1. The van der Waals surface area contributed by atoms with Crippen LogP contribution in [-0.2, 0) is 4.74 Å². The number of unbranched alkanes of at least 4 members (excludes halogenated alkanes) is 3. The van der Waals surface area contributed by atoms with E-state index < -0.39 is 0 Å². The van der Waals surface area contributed by atoms with Gasteiger partial charge in [-0.3, -0.25) is 0 Å². The monoisotopic (exact) mass is 146 g/mol. The van der Waals surface area contributed by atoms with Gasteiger partial charge in [0, 0.05) is 6.61 Å². The van der Waals surface area contributed by atoms with Crippen LogP contribution >= 0.6 is 0 Å². The lowest BCUT2D eigenvalue weighted by Crippen LogP contribution is -1.80. The minimum atomic E-state index is 0.361. The molecule has 0 saturated carbocycles. The van der Waals surface area contributed by atoms with Gasteiger partial charge in [-0.1, -0.05) is 26.2 Å². The number of hydrogen-bond donors (Lipinski definition) is 1. The van der Waals surface area contributed by atoms with Crippen LogP contribution in [0.4, 0.5) is 0 Å². The zero-order chi connectivity index (χ0) is 7.66. The molecule has 1 fully saturated rings. The molecule has 1 rings (SSSR count). The Bertz CT molecular complexity index is 46.5. The molecule has 1 heterocycles. The lowest BCUT2D eigenvalue weighted by atomic mass is 10.2. The first-order chi connectivity index (χ1) is 4.91. The first-order valence-corrected chi connectivity index (χ1v) is 4.10. The van der Waals surface area contributed by atoms with Crippen molar-refractivity contribution in [3.63, 3.8) is 0 Å². The summed E-state index contributed by atoms with van der Waals surface area (Å²) in [6.45, 7) is 4.53.